The Morgan fingerprint density at radius 2 is 1.68 bits per heavy atom. The first kappa shape index (κ1) is 14.3. The topological polar surface area (TPSA) is 55.4 Å². The predicted octanol–water partition coefficient (Wildman–Crippen LogP) is 3.50. The number of ether oxygens (including phenoxy) is 1. The quantitative estimate of drug-likeness (QED) is 0.694. The Labute approximate surface area is 129 Å². The minimum absolute atomic E-state index is 0.0393. The van der Waals surface area contributed by atoms with Crippen LogP contribution in [0, 0.1) is 11.8 Å². The summed E-state index contributed by atoms with van der Waals surface area (Å²) in [6.45, 7) is 2.04. The first-order valence-corrected chi connectivity index (χ1v) is 7.31. The Hall–Kier alpha value is -2.62. The molecule has 1 aliphatic carbocycles. The van der Waals surface area contributed by atoms with Crippen molar-refractivity contribution in [3.8, 4) is 5.75 Å². The van der Waals surface area contributed by atoms with E-state index in [9.17, 15) is 9.59 Å². The molecule has 0 aliphatic heterocycles. The fourth-order valence-electron chi connectivity index (χ4n) is 2.24. The van der Waals surface area contributed by atoms with E-state index in [1.165, 1.54) is 0 Å². The summed E-state index contributed by atoms with van der Waals surface area (Å²) in [5.41, 5.74) is 1.26. The molecule has 3 rings (SSSR count). The summed E-state index contributed by atoms with van der Waals surface area (Å²) in [5, 5.41) is 2.80. The lowest BCUT2D eigenvalue weighted by Crippen LogP contribution is -2.12. The SMILES string of the molecule is CC1CC1C(=O)Oc1ccc(NC(=O)c2ccccc2)cc1. The van der Waals surface area contributed by atoms with Crippen LogP contribution >= 0.6 is 0 Å². The number of anilines is 1. The van der Waals surface area contributed by atoms with E-state index in [0.29, 0.717) is 22.9 Å². The second kappa shape index (κ2) is 6.02. The molecule has 4 nitrogen and oxygen atoms in total. The lowest BCUT2D eigenvalue weighted by Gasteiger charge is -2.07. The fourth-order valence-corrected chi connectivity index (χ4v) is 2.24. The van der Waals surface area contributed by atoms with Gasteiger partial charge in [-0.2, -0.15) is 0 Å². The zero-order chi connectivity index (χ0) is 15.5. The second-order valence-electron chi connectivity index (χ2n) is 5.59. The number of carbonyl (C=O) groups excluding carboxylic acids is 2. The summed E-state index contributed by atoms with van der Waals surface area (Å²) in [5.74, 6) is 0.627. The molecule has 1 amide bonds. The number of hydrogen-bond donors (Lipinski definition) is 1. The van der Waals surface area contributed by atoms with Crippen molar-refractivity contribution in [1.29, 1.82) is 0 Å². The minimum Gasteiger partial charge on any atom is -0.426 e. The maximum atomic E-state index is 12.0. The summed E-state index contributed by atoms with van der Waals surface area (Å²) in [6, 6.07) is 15.8. The van der Waals surface area contributed by atoms with E-state index in [4.69, 9.17) is 4.74 Å². The summed E-state index contributed by atoms with van der Waals surface area (Å²) >= 11 is 0. The monoisotopic (exact) mass is 295 g/mol. The smallest absolute Gasteiger partial charge is 0.314 e. The summed E-state index contributed by atoms with van der Waals surface area (Å²) in [7, 11) is 0. The van der Waals surface area contributed by atoms with Gasteiger partial charge in [-0.05, 0) is 48.7 Å². The molecule has 0 saturated heterocycles. The normalized spacial score (nSPS) is 19.3. The van der Waals surface area contributed by atoms with Gasteiger partial charge in [0.2, 0.25) is 0 Å². The van der Waals surface area contributed by atoms with Crippen LogP contribution in [-0.4, -0.2) is 11.9 Å². The van der Waals surface area contributed by atoms with E-state index < -0.39 is 0 Å². The Morgan fingerprint density at radius 1 is 1.05 bits per heavy atom. The molecule has 2 unspecified atom stereocenters. The molecular formula is C18H17NO3. The highest BCUT2D eigenvalue weighted by atomic mass is 16.5. The summed E-state index contributed by atoms with van der Waals surface area (Å²) in [4.78, 5) is 23.8. The minimum atomic E-state index is -0.173. The van der Waals surface area contributed by atoms with Crippen LogP contribution in [0.5, 0.6) is 5.75 Å². The standard InChI is InChI=1S/C18H17NO3/c1-12-11-16(12)18(21)22-15-9-7-14(8-10-15)19-17(20)13-5-3-2-4-6-13/h2-10,12,16H,11H2,1H3,(H,19,20). The van der Waals surface area contributed by atoms with Gasteiger partial charge in [-0.3, -0.25) is 9.59 Å². The van der Waals surface area contributed by atoms with E-state index in [-0.39, 0.29) is 17.8 Å². The number of nitrogens with one attached hydrogen (secondary N) is 1. The molecule has 2 atom stereocenters. The van der Waals surface area contributed by atoms with Crippen molar-refractivity contribution in [1.82, 2.24) is 0 Å². The Bertz CT molecular complexity index is 679. The van der Waals surface area contributed by atoms with E-state index in [1.54, 1.807) is 36.4 Å². The Balaban J connectivity index is 1.59. The maximum Gasteiger partial charge on any atom is 0.314 e. The third-order valence-corrected chi connectivity index (χ3v) is 3.78. The van der Waals surface area contributed by atoms with Crippen molar-refractivity contribution in [3.05, 3.63) is 60.2 Å². The first-order valence-electron chi connectivity index (χ1n) is 7.31. The van der Waals surface area contributed by atoms with E-state index >= 15 is 0 Å². The highest BCUT2D eigenvalue weighted by molar-refractivity contribution is 6.04. The molecule has 2 aromatic carbocycles. The molecule has 1 saturated carbocycles. The second-order valence-corrected chi connectivity index (χ2v) is 5.59. The molecular weight excluding hydrogens is 278 g/mol. The zero-order valence-electron chi connectivity index (χ0n) is 12.3. The number of carbonyl (C=O) groups is 2. The van der Waals surface area contributed by atoms with Crippen LogP contribution in [-0.2, 0) is 4.79 Å². The molecule has 1 aliphatic rings. The van der Waals surface area contributed by atoms with Gasteiger partial charge in [0.05, 0.1) is 5.92 Å². The van der Waals surface area contributed by atoms with Crippen molar-refractivity contribution < 1.29 is 14.3 Å². The van der Waals surface area contributed by atoms with Crippen LogP contribution in [0.25, 0.3) is 0 Å². The van der Waals surface area contributed by atoms with Crippen molar-refractivity contribution in [2.24, 2.45) is 11.8 Å². The van der Waals surface area contributed by atoms with Crippen molar-refractivity contribution in [2.75, 3.05) is 5.32 Å². The third-order valence-electron chi connectivity index (χ3n) is 3.78. The van der Waals surface area contributed by atoms with Gasteiger partial charge in [-0.1, -0.05) is 25.1 Å². The van der Waals surface area contributed by atoms with E-state index in [1.807, 2.05) is 25.1 Å². The van der Waals surface area contributed by atoms with Crippen LogP contribution in [0.15, 0.2) is 54.6 Å². The molecule has 1 fully saturated rings. The Morgan fingerprint density at radius 3 is 2.27 bits per heavy atom. The van der Waals surface area contributed by atoms with Gasteiger partial charge in [0.1, 0.15) is 5.75 Å². The highest BCUT2D eigenvalue weighted by Crippen LogP contribution is 2.38. The van der Waals surface area contributed by atoms with Gasteiger partial charge in [0.25, 0.3) is 5.91 Å². The maximum absolute atomic E-state index is 12.0. The predicted molar refractivity (Wildman–Crippen MR) is 83.7 cm³/mol. The zero-order valence-corrected chi connectivity index (χ0v) is 12.3. The van der Waals surface area contributed by atoms with Gasteiger partial charge in [-0.25, -0.2) is 0 Å². The number of rotatable bonds is 4. The number of amides is 1. The van der Waals surface area contributed by atoms with Crippen LogP contribution < -0.4 is 10.1 Å². The average Bonchev–Trinajstić information content (AvgIpc) is 3.27. The van der Waals surface area contributed by atoms with Crippen LogP contribution in [0.1, 0.15) is 23.7 Å². The molecule has 4 heteroatoms. The van der Waals surface area contributed by atoms with Gasteiger partial charge >= 0.3 is 5.97 Å². The largest absolute Gasteiger partial charge is 0.426 e. The Kier molecular flexibility index (Phi) is 3.92. The molecule has 0 aromatic heterocycles. The molecule has 112 valence electrons. The molecule has 0 radical (unpaired) electrons. The molecule has 1 N–H and O–H groups in total. The van der Waals surface area contributed by atoms with Crippen LogP contribution in [0.4, 0.5) is 5.69 Å². The van der Waals surface area contributed by atoms with Gasteiger partial charge in [0, 0.05) is 11.3 Å². The lowest BCUT2D eigenvalue weighted by molar-refractivity contribution is -0.136. The molecule has 2 aromatic rings. The first-order chi connectivity index (χ1) is 10.6. The molecule has 0 spiro atoms. The van der Waals surface area contributed by atoms with Gasteiger partial charge in [-0.15, -0.1) is 0 Å². The van der Waals surface area contributed by atoms with Crippen molar-refractivity contribution >= 4 is 17.6 Å². The fraction of sp³-hybridized carbons (Fsp3) is 0.222. The molecule has 22 heavy (non-hydrogen) atoms. The van der Waals surface area contributed by atoms with Crippen molar-refractivity contribution in [2.45, 2.75) is 13.3 Å². The summed E-state index contributed by atoms with van der Waals surface area (Å²) < 4.78 is 5.30. The van der Waals surface area contributed by atoms with Gasteiger partial charge < -0.3 is 10.1 Å². The third kappa shape index (κ3) is 3.34. The lowest BCUT2D eigenvalue weighted by atomic mass is 10.2. The summed E-state index contributed by atoms with van der Waals surface area (Å²) in [6.07, 6.45) is 0.907. The van der Waals surface area contributed by atoms with E-state index in [2.05, 4.69) is 5.32 Å². The average molecular weight is 295 g/mol. The highest BCUT2D eigenvalue weighted by Gasteiger charge is 2.40. The van der Waals surface area contributed by atoms with Crippen LogP contribution in [0.3, 0.4) is 0 Å². The van der Waals surface area contributed by atoms with Gasteiger partial charge in [0.15, 0.2) is 0 Å². The molecule has 0 bridgehead atoms. The van der Waals surface area contributed by atoms with Crippen molar-refractivity contribution in [3.63, 3.8) is 0 Å². The number of hydrogen-bond acceptors (Lipinski definition) is 3. The number of esters is 1. The van der Waals surface area contributed by atoms with Crippen LogP contribution in [0.2, 0.25) is 0 Å². The molecule has 0 heterocycles. The number of benzene rings is 2. The van der Waals surface area contributed by atoms with E-state index in [0.717, 1.165) is 6.42 Å².